The van der Waals surface area contributed by atoms with E-state index >= 15 is 0 Å². The van der Waals surface area contributed by atoms with E-state index in [1.165, 1.54) is 11.3 Å². The molecule has 130 valence electrons. The number of carbonyl (C=O) groups is 1. The summed E-state index contributed by atoms with van der Waals surface area (Å²) in [5.74, 6) is 1.14. The molecule has 1 N–H and O–H groups in total. The SMILES string of the molecule is CC(C)(C)C1COc2cc(Br)cc3c2N1[C@H]1CCN(C(=O)O)C[C@@H]31. The van der Waals surface area contributed by atoms with Crippen LogP contribution in [0.3, 0.4) is 0 Å². The third-order valence-electron chi connectivity index (χ3n) is 5.66. The van der Waals surface area contributed by atoms with E-state index in [1.807, 2.05) is 6.07 Å². The fourth-order valence-corrected chi connectivity index (χ4v) is 4.94. The van der Waals surface area contributed by atoms with Gasteiger partial charge in [-0.3, -0.25) is 0 Å². The molecule has 0 saturated carbocycles. The quantitative estimate of drug-likeness (QED) is 0.724. The number of halogens is 1. The highest BCUT2D eigenvalue weighted by atomic mass is 79.9. The normalized spacial score (nSPS) is 28.2. The Labute approximate surface area is 150 Å². The van der Waals surface area contributed by atoms with Gasteiger partial charge in [-0.05, 0) is 29.5 Å². The second kappa shape index (κ2) is 5.28. The number of amides is 1. The highest BCUT2D eigenvalue weighted by molar-refractivity contribution is 9.10. The second-order valence-corrected chi connectivity index (χ2v) is 9.05. The van der Waals surface area contributed by atoms with Crippen LogP contribution in [0.2, 0.25) is 0 Å². The number of hydrogen-bond donors (Lipinski definition) is 1. The van der Waals surface area contributed by atoms with Crippen molar-refractivity contribution in [1.82, 2.24) is 4.90 Å². The van der Waals surface area contributed by atoms with Crippen molar-refractivity contribution in [3.8, 4) is 5.75 Å². The summed E-state index contributed by atoms with van der Waals surface area (Å²) >= 11 is 3.59. The van der Waals surface area contributed by atoms with Crippen LogP contribution in [-0.4, -0.2) is 47.9 Å². The van der Waals surface area contributed by atoms with Gasteiger partial charge in [-0.25, -0.2) is 4.79 Å². The lowest BCUT2D eigenvalue weighted by Gasteiger charge is -2.48. The first kappa shape index (κ1) is 16.1. The van der Waals surface area contributed by atoms with Gasteiger partial charge in [0.05, 0.1) is 11.7 Å². The second-order valence-electron chi connectivity index (χ2n) is 8.13. The molecule has 24 heavy (non-hydrogen) atoms. The zero-order valence-electron chi connectivity index (χ0n) is 14.3. The summed E-state index contributed by atoms with van der Waals surface area (Å²) in [6.07, 6.45) is 0.0529. The number of nitrogens with zero attached hydrogens (tertiary/aromatic N) is 2. The van der Waals surface area contributed by atoms with Gasteiger partial charge in [0.2, 0.25) is 0 Å². The zero-order valence-corrected chi connectivity index (χ0v) is 15.8. The Morgan fingerprint density at radius 1 is 1.38 bits per heavy atom. The highest BCUT2D eigenvalue weighted by Crippen LogP contribution is 2.54. The topological polar surface area (TPSA) is 53.0 Å². The van der Waals surface area contributed by atoms with Gasteiger partial charge in [-0.2, -0.15) is 0 Å². The molecule has 1 amide bonds. The molecule has 6 heteroatoms. The van der Waals surface area contributed by atoms with Crippen LogP contribution in [0.25, 0.3) is 0 Å². The summed E-state index contributed by atoms with van der Waals surface area (Å²) in [5, 5.41) is 9.41. The summed E-state index contributed by atoms with van der Waals surface area (Å²) in [6, 6.07) is 4.85. The predicted molar refractivity (Wildman–Crippen MR) is 96.1 cm³/mol. The lowest BCUT2D eigenvalue weighted by Crippen LogP contribution is -2.56. The average Bonchev–Trinajstić information content (AvgIpc) is 2.81. The fourth-order valence-electron chi connectivity index (χ4n) is 4.48. The number of fused-ring (bicyclic) bond motifs is 3. The number of rotatable bonds is 0. The first-order chi connectivity index (χ1) is 11.3. The molecule has 0 radical (unpaired) electrons. The molecule has 1 unspecified atom stereocenters. The number of piperidine rings is 1. The zero-order chi connectivity index (χ0) is 17.2. The van der Waals surface area contributed by atoms with Gasteiger partial charge in [0.25, 0.3) is 0 Å². The van der Waals surface area contributed by atoms with Gasteiger partial charge in [0.15, 0.2) is 0 Å². The van der Waals surface area contributed by atoms with Crippen molar-refractivity contribution < 1.29 is 14.6 Å². The van der Waals surface area contributed by atoms with Crippen LogP contribution in [-0.2, 0) is 0 Å². The molecule has 3 heterocycles. The number of benzene rings is 1. The van der Waals surface area contributed by atoms with Gasteiger partial charge >= 0.3 is 6.09 Å². The minimum atomic E-state index is -0.817. The van der Waals surface area contributed by atoms with Gasteiger partial charge in [0, 0.05) is 29.5 Å². The van der Waals surface area contributed by atoms with E-state index in [9.17, 15) is 9.90 Å². The first-order valence-electron chi connectivity index (χ1n) is 8.50. The summed E-state index contributed by atoms with van der Waals surface area (Å²) < 4.78 is 7.11. The maximum Gasteiger partial charge on any atom is 0.407 e. The third kappa shape index (κ3) is 2.30. The monoisotopic (exact) mass is 394 g/mol. The summed E-state index contributed by atoms with van der Waals surface area (Å²) in [4.78, 5) is 15.6. The van der Waals surface area contributed by atoms with Crippen LogP contribution < -0.4 is 9.64 Å². The molecular weight excluding hydrogens is 372 g/mol. The Hall–Kier alpha value is -1.43. The number of ether oxygens (including phenoxy) is 1. The van der Waals surface area contributed by atoms with E-state index in [2.05, 4.69) is 47.7 Å². The minimum Gasteiger partial charge on any atom is -0.489 e. The van der Waals surface area contributed by atoms with Gasteiger partial charge in [0.1, 0.15) is 12.4 Å². The van der Waals surface area contributed by atoms with Gasteiger partial charge in [-0.15, -0.1) is 0 Å². The van der Waals surface area contributed by atoms with Crippen molar-refractivity contribution in [3.63, 3.8) is 0 Å². The maximum absolute atomic E-state index is 11.5. The van der Waals surface area contributed by atoms with Crippen molar-refractivity contribution >= 4 is 27.7 Å². The van der Waals surface area contributed by atoms with Crippen LogP contribution in [0.5, 0.6) is 5.75 Å². The predicted octanol–water partition coefficient (Wildman–Crippen LogP) is 3.91. The van der Waals surface area contributed by atoms with E-state index in [1.54, 1.807) is 4.90 Å². The Morgan fingerprint density at radius 3 is 2.79 bits per heavy atom. The molecule has 1 saturated heterocycles. The van der Waals surface area contributed by atoms with Crippen molar-refractivity contribution in [1.29, 1.82) is 0 Å². The van der Waals surface area contributed by atoms with Gasteiger partial charge in [-0.1, -0.05) is 36.7 Å². The fraction of sp³-hybridized carbons (Fsp3) is 0.611. The Morgan fingerprint density at radius 2 is 2.12 bits per heavy atom. The van der Waals surface area contributed by atoms with Gasteiger partial charge < -0.3 is 19.6 Å². The summed E-state index contributed by atoms with van der Waals surface area (Å²) in [5.41, 5.74) is 2.51. The van der Waals surface area contributed by atoms with E-state index in [-0.39, 0.29) is 11.3 Å². The Balaban J connectivity index is 1.82. The van der Waals surface area contributed by atoms with Crippen molar-refractivity contribution in [2.24, 2.45) is 5.41 Å². The van der Waals surface area contributed by atoms with E-state index in [0.717, 1.165) is 16.6 Å². The Kier molecular flexibility index (Phi) is 3.53. The minimum absolute atomic E-state index is 0.0981. The molecule has 4 rings (SSSR count). The molecular formula is C18H23BrN2O3. The van der Waals surface area contributed by atoms with Crippen LogP contribution in [0, 0.1) is 5.41 Å². The van der Waals surface area contributed by atoms with Crippen molar-refractivity contribution in [2.45, 2.75) is 45.2 Å². The maximum atomic E-state index is 11.5. The third-order valence-corrected chi connectivity index (χ3v) is 6.12. The summed E-state index contributed by atoms with van der Waals surface area (Å²) in [6.45, 7) is 8.61. The molecule has 3 atom stereocenters. The number of hydrogen-bond acceptors (Lipinski definition) is 3. The van der Waals surface area contributed by atoms with Crippen LogP contribution in [0.4, 0.5) is 10.5 Å². The first-order valence-corrected chi connectivity index (χ1v) is 9.29. The molecule has 0 bridgehead atoms. The highest BCUT2D eigenvalue weighted by Gasteiger charge is 2.50. The average molecular weight is 395 g/mol. The van der Waals surface area contributed by atoms with Crippen LogP contribution in [0.1, 0.15) is 38.7 Å². The molecule has 1 aromatic carbocycles. The number of carboxylic acid groups (broad SMARTS) is 1. The van der Waals surface area contributed by atoms with E-state index in [4.69, 9.17) is 4.74 Å². The molecule has 3 aliphatic rings. The lowest BCUT2D eigenvalue weighted by atomic mass is 9.83. The van der Waals surface area contributed by atoms with Crippen LogP contribution in [0.15, 0.2) is 16.6 Å². The smallest absolute Gasteiger partial charge is 0.407 e. The standard InChI is InChI=1S/C18H23BrN2O3/c1-18(2,3)15-9-24-14-7-10(19)6-11-12-8-20(17(22)23)5-4-13(12)21(15)16(11)14/h6-7,12-13,15H,4-5,8-9H2,1-3H3,(H,22,23)/t12-,13-,15?/m0/s1. The molecule has 0 aliphatic carbocycles. The summed E-state index contributed by atoms with van der Waals surface area (Å²) in [7, 11) is 0. The molecule has 0 spiro atoms. The molecule has 5 nitrogen and oxygen atoms in total. The van der Waals surface area contributed by atoms with Crippen molar-refractivity contribution in [3.05, 3.63) is 22.2 Å². The Bertz CT molecular complexity index is 700. The van der Waals surface area contributed by atoms with Crippen LogP contribution >= 0.6 is 15.9 Å². The van der Waals surface area contributed by atoms with Crippen molar-refractivity contribution in [2.75, 3.05) is 24.6 Å². The molecule has 1 aromatic rings. The number of anilines is 1. The molecule has 3 aliphatic heterocycles. The lowest BCUT2D eigenvalue weighted by molar-refractivity contribution is 0.119. The largest absolute Gasteiger partial charge is 0.489 e. The van der Waals surface area contributed by atoms with E-state index < -0.39 is 6.09 Å². The molecule has 1 fully saturated rings. The molecule has 0 aromatic heterocycles. The van der Waals surface area contributed by atoms with E-state index in [0.29, 0.717) is 31.8 Å². The number of likely N-dealkylation sites (tertiary alicyclic amines) is 1.